The zero-order valence-electron chi connectivity index (χ0n) is 13.2. The van der Waals surface area contributed by atoms with Gasteiger partial charge in [0.05, 0.1) is 0 Å². The predicted molar refractivity (Wildman–Crippen MR) is 90.8 cm³/mol. The Labute approximate surface area is 135 Å². The third-order valence-electron chi connectivity index (χ3n) is 4.66. The molecular formula is C19H19N3O. The van der Waals surface area contributed by atoms with Crippen LogP contribution in [0.4, 0.5) is 0 Å². The maximum absolute atomic E-state index is 4.84. The molecule has 0 aliphatic carbocycles. The molecule has 0 atom stereocenters. The summed E-state index contributed by atoms with van der Waals surface area (Å²) >= 11 is 0. The Balaban J connectivity index is 1.55. The van der Waals surface area contributed by atoms with Crippen LogP contribution in [0, 0.1) is 0 Å². The van der Waals surface area contributed by atoms with E-state index in [9.17, 15) is 0 Å². The number of fused-ring (bicyclic) bond motifs is 2. The number of hydrogen-bond donors (Lipinski definition) is 0. The van der Waals surface area contributed by atoms with Gasteiger partial charge in [0.15, 0.2) is 0 Å². The van der Waals surface area contributed by atoms with E-state index in [2.05, 4.69) is 53.0 Å². The molecule has 4 rings (SSSR count). The Hall–Kier alpha value is -2.62. The number of aryl methyl sites for hydroxylation is 2. The van der Waals surface area contributed by atoms with Gasteiger partial charge < -0.3 is 4.90 Å². The van der Waals surface area contributed by atoms with E-state index >= 15 is 0 Å². The lowest BCUT2D eigenvalue weighted by atomic mass is 9.99. The van der Waals surface area contributed by atoms with Crippen molar-refractivity contribution in [1.82, 2.24) is 15.2 Å². The average Bonchev–Trinajstić information content (AvgIpc) is 3.17. The highest BCUT2D eigenvalue weighted by Crippen LogP contribution is 2.32. The number of benzene rings is 2. The lowest BCUT2D eigenvalue weighted by Gasteiger charge is -2.15. The van der Waals surface area contributed by atoms with Gasteiger partial charge in [-0.05, 0) is 52.8 Å². The number of rotatable bonds is 4. The highest BCUT2D eigenvalue weighted by Gasteiger charge is 2.20. The van der Waals surface area contributed by atoms with Gasteiger partial charge in [0.25, 0.3) is 0 Å². The van der Waals surface area contributed by atoms with Crippen molar-refractivity contribution in [2.45, 2.75) is 26.3 Å². The highest BCUT2D eigenvalue weighted by molar-refractivity contribution is 5.76. The third kappa shape index (κ3) is 2.40. The van der Waals surface area contributed by atoms with Crippen LogP contribution in [-0.4, -0.2) is 21.8 Å². The summed E-state index contributed by atoms with van der Waals surface area (Å²) in [6.07, 6.45) is 1.92. The SMILES string of the molecule is C=C1c2ccc(CCc3cccc4nonc34)cc2CN1CC. The third-order valence-corrected chi connectivity index (χ3v) is 4.66. The van der Waals surface area contributed by atoms with E-state index in [0.717, 1.165) is 42.7 Å². The van der Waals surface area contributed by atoms with E-state index in [1.807, 2.05) is 12.1 Å². The molecule has 4 heteroatoms. The molecule has 0 saturated heterocycles. The Morgan fingerprint density at radius 3 is 2.96 bits per heavy atom. The molecule has 0 amide bonds. The Kier molecular flexibility index (Phi) is 3.37. The molecule has 0 spiro atoms. The average molecular weight is 305 g/mol. The van der Waals surface area contributed by atoms with E-state index in [4.69, 9.17) is 4.63 Å². The summed E-state index contributed by atoms with van der Waals surface area (Å²) in [5.74, 6) is 0. The molecule has 1 aliphatic rings. The fraction of sp³-hybridized carbons (Fsp3) is 0.263. The van der Waals surface area contributed by atoms with Crippen LogP contribution >= 0.6 is 0 Å². The molecule has 2 aromatic carbocycles. The minimum absolute atomic E-state index is 0.825. The lowest BCUT2D eigenvalue weighted by molar-refractivity contribution is 0.315. The highest BCUT2D eigenvalue weighted by atomic mass is 16.6. The van der Waals surface area contributed by atoms with Gasteiger partial charge in [-0.3, -0.25) is 0 Å². The van der Waals surface area contributed by atoms with Gasteiger partial charge in [0, 0.05) is 24.4 Å². The van der Waals surface area contributed by atoms with E-state index in [0.29, 0.717) is 0 Å². The first-order valence-corrected chi connectivity index (χ1v) is 8.02. The smallest absolute Gasteiger partial charge is 0.138 e. The normalized spacial score (nSPS) is 13.8. The Bertz CT molecular complexity index is 881. The second-order valence-electron chi connectivity index (χ2n) is 6.00. The number of aromatic nitrogens is 2. The summed E-state index contributed by atoms with van der Waals surface area (Å²) in [4.78, 5) is 2.32. The zero-order valence-corrected chi connectivity index (χ0v) is 13.2. The minimum Gasteiger partial charge on any atom is -0.367 e. The van der Waals surface area contributed by atoms with Crippen LogP contribution in [-0.2, 0) is 19.4 Å². The molecular weight excluding hydrogens is 286 g/mol. The molecule has 0 saturated carbocycles. The van der Waals surface area contributed by atoms with Crippen molar-refractivity contribution < 1.29 is 4.63 Å². The van der Waals surface area contributed by atoms with Gasteiger partial charge in [-0.25, -0.2) is 4.63 Å². The molecule has 1 aromatic heterocycles. The summed E-state index contributed by atoms with van der Waals surface area (Å²) < 4.78 is 4.84. The molecule has 0 bridgehead atoms. The van der Waals surface area contributed by atoms with Gasteiger partial charge in [-0.1, -0.05) is 36.9 Å². The van der Waals surface area contributed by atoms with Gasteiger partial charge in [0.2, 0.25) is 0 Å². The summed E-state index contributed by atoms with van der Waals surface area (Å²) in [5, 5.41) is 7.92. The van der Waals surface area contributed by atoms with Gasteiger partial charge in [0.1, 0.15) is 11.0 Å². The van der Waals surface area contributed by atoms with E-state index in [-0.39, 0.29) is 0 Å². The molecule has 0 N–H and O–H groups in total. The fourth-order valence-corrected chi connectivity index (χ4v) is 3.33. The van der Waals surface area contributed by atoms with E-state index in [1.54, 1.807) is 0 Å². The topological polar surface area (TPSA) is 42.2 Å². The first-order valence-electron chi connectivity index (χ1n) is 8.02. The maximum Gasteiger partial charge on any atom is 0.138 e. The molecule has 4 nitrogen and oxygen atoms in total. The van der Waals surface area contributed by atoms with Crippen LogP contribution in [0.15, 0.2) is 47.6 Å². The quantitative estimate of drug-likeness (QED) is 0.735. The van der Waals surface area contributed by atoms with Crippen LogP contribution in [0.2, 0.25) is 0 Å². The molecule has 1 aliphatic heterocycles. The van der Waals surface area contributed by atoms with Crippen LogP contribution in [0.5, 0.6) is 0 Å². The zero-order chi connectivity index (χ0) is 15.8. The first-order chi connectivity index (χ1) is 11.3. The number of nitrogens with zero attached hydrogens (tertiary/aromatic N) is 3. The van der Waals surface area contributed by atoms with Crippen molar-refractivity contribution in [3.8, 4) is 0 Å². The molecule has 116 valence electrons. The summed E-state index contributed by atoms with van der Waals surface area (Å²) in [6.45, 7) is 8.35. The standard InChI is InChI=1S/C19H19N3O/c1-3-22-12-16-11-14(8-10-17(16)13(22)2)7-9-15-5-4-6-18-19(15)21-23-20-18/h4-6,8,10-11H,2-3,7,9,12H2,1H3. The van der Waals surface area contributed by atoms with Gasteiger partial charge >= 0.3 is 0 Å². The fourth-order valence-electron chi connectivity index (χ4n) is 3.33. The van der Waals surface area contributed by atoms with Gasteiger partial charge in [-0.15, -0.1) is 0 Å². The van der Waals surface area contributed by atoms with Crippen molar-refractivity contribution in [1.29, 1.82) is 0 Å². The first kappa shape index (κ1) is 14.0. The second-order valence-corrected chi connectivity index (χ2v) is 6.00. The second kappa shape index (κ2) is 5.54. The monoisotopic (exact) mass is 305 g/mol. The Morgan fingerprint density at radius 1 is 1.17 bits per heavy atom. The van der Waals surface area contributed by atoms with Crippen LogP contribution in [0.25, 0.3) is 16.7 Å². The molecule has 23 heavy (non-hydrogen) atoms. The molecule has 0 unspecified atom stereocenters. The van der Waals surface area contributed by atoms with Crippen LogP contribution in [0.3, 0.4) is 0 Å². The van der Waals surface area contributed by atoms with Crippen molar-refractivity contribution in [2.75, 3.05) is 6.54 Å². The van der Waals surface area contributed by atoms with Crippen molar-refractivity contribution in [3.63, 3.8) is 0 Å². The van der Waals surface area contributed by atoms with E-state index in [1.165, 1.54) is 22.3 Å². The molecule has 3 aromatic rings. The largest absolute Gasteiger partial charge is 0.367 e. The number of hydrogen-bond acceptors (Lipinski definition) is 4. The predicted octanol–water partition coefficient (Wildman–Crippen LogP) is 3.81. The van der Waals surface area contributed by atoms with Crippen molar-refractivity contribution in [2.24, 2.45) is 0 Å². The minimum atomic E-state index is 0.825. The van der Waals surface area contributed by atoms with Crippen LogP contribution < -0.4 is 0 Å². The summed E-state index contributed by atoms with van der Waals surface area (Å²) in [5.41, 5.74) is 8.05. The molecule has 0 radical (unpaired) electrons. The summed E-state index contributed by atoms with van der Waals surface area (Å²) in [7, 11) is 0. The van der Waals surface area contributed by atoms with E-state index < -0.39 is 0 Å². The molecule has 2 heterocycles. The maximum atomic E-state index is 4.84. The van der Waals surface area contributed by atoms with Gasteiger partial charge in [-0.2, -0.15) is 0 Å². The molecule has 0 fully saturated rings. The Morgan fingerprint density at radius 2 is 2.09 bits per heavy atom. The van der Waals surface area contributed by atoms with Crippen molar-refractivity contribution >= 4 is 16.7 Å². The van der Waals surface area contributed by atoms with Crippen LogP contribution in [0.1, 0.15) is 29.2 Å². The summed E-state index contributed by atoms with van der Waals surface area (Å²) in [6, 6.07) is 12.8. The van der Waals surface area contributed by atoms with Crippen molar-refractivity contribution in [3.05, 3.63) is 65.2 Å². The lowest BCUT2D eigenvalue weighted by Crippen LogP contribution is -2.13.